The van der Waals surface area contributed by atoms with Crippen LogP contribution >= 0.6 is 34.4 Å². The minimum atomic E-state index is -0.578. The van der Waals surface area contributed by atoms with E-state index in [1.165, 1.54) is 34.4 Å². The molecule has 0 saturated carbocycles. The Morgan fingerprint density at radius 3 is 2.57 bits per heavy atom. The number of carbonyl (C=O) groups is 3. The molecule has 0 unspecified atom stereocenters. The third-order valence-corrected chi connectivity index (χ3v) is 10.2. The van der Waals surface area contributed by atoms with Gasteiger partial charge in [-0.3, -0.25) is 14.2 Å². The molecule has 2 amide bonds. The average molecular weight is 654 g/mol. The number of nitrogens with zero attached hydrogens (tertiary/aromatic N) is 3. The Balaban J connectivity index is 1.38. The zero-order chi connectivity index (χ0) is 31.1. The summed E-state index contributed by atoms with van der Waals surface area (Å²) in [6.45, 7) is 6.44. The van der Waals surface area contributed by atoms with Crippen LogP contribution < -0.4 is 15.4 Å². The van der Waals surface area contributed by atoms with Gasteiger partial charge in [0.2, 0.25) is 5.91 Å². The minimum absolute atomic E-state index is 0.141. The molecule has 3 heterocycles. The topological polar surface area (TPSA) is 124 Å². The van der Waals surface area contributed by atoms with Gasteiger partial charge in [0.05, 0.1) is 35.4 Å². The zero-order valence-corrected chi connectivity index (χ0v) is 27.3. The highest BCUT2D eigenvalue weighted by molar-refractivity contribution is 8.00. The molecule has 0 aliphatic heterocycles. The first-order valence-corrected chi connectivity index (χ1v) is 17.3. The summed E-state index contributed by atoms with van der Waals surface area (Å²) in [6, 6.07) is 11.1. The van der Waals surface area contributed by atoms with E-state index in [0.29, 0.717) is 33.0 Å². The molecule has 44 heavy (non-hydrogen) atoms. The van der Waals surface area contributed by atoms with E-state index in [0.717, 1.165) is 54.0 Å². The first-order chi connectivity index (χ1) is 21.4. The second-order valence-corrected chi connectivity index (χ2v) is 13.4. The standard InChI is InChI=1S/C31H35N5O5S3/c1-4-40-21-15-13-20(14-16-21)36-25(18-32-28(38)24-12-9-17-42-24)34-35-31(36)43-19(3)27(37)33-29-26(30(39)41-5-2)22-10-7-6-8-11-23(22)44-29/h9,12-17,19H,4-8,10-11,18H2,1-3H3,(H,32,38)(H,33,37)/t19-/m1/s1. The molecule has 4 aromatic rings. The van der Waals surface area contributed by atoms with Crippen molar-refractivity contribution in [3.05, 3.63) is 68.5 Å². The molecule has 10 nitrogen and oxygen atoms in total. The van der Waals surface area contributed by atoms with Crippen molar-refractivity contribution in [1.29, 1.82) is 0 Å². The van der Waals surface area contributed by atoms with E-state index < -0.39 is 11.2 Å². The van der Waals surface area contributed by atoms with Crippen LogP contribution in [-0.2, 0) is 28.9 Å². The summed E-state index contributed by atoms with van der Waals surface area (Å²) in [6.07, 6.45) is 4.88. The molecule has 2 N–H and O–H groups in total. The molecule has 0 bridgehead atoms. The average Bonchev–Trinajstić information content (AvgIpc) is 3.73. The van der Waals surface area contributed by atoms with Gasteiger partial charge in [-0.2, -0.15) is 0 Å². The number of thiophene rings is 2. The number of esters is 1. The van der Waals surface area contributed by atoms with Gasteiger partial charge in [0.15, 0.2) is 11.0 Å². The lowest BCUT2D eigenvalue weighted by Crippen LogP contribution is -2.25. The Labute approximate surface area is 268 Å². The largest absolute Gasteiger partial charge is 0.494 e. The van der Waals surface area contributed by atoms with E-state index in [2.05, 4.69) is 20.8 Å². The number of hydrogen-bond donors (Lipinski definition) is 2. The van der Waals surface area contributed by atoms with Gasteiger partial charge in [0.1, 0.15) is 10.8 Å². The molecule has 0 saturated heterocycles. The van der Waals surface area contributed by atoms with E-state index in [1.54, 1.807) is 19.9 Å². The van der Waals surface area contributed by atoms with Crippen LogP contribution in [0.15, 0.2) is 46.9 Å². The number of carbonyl (C=O) groups excluding carboxylic acids is 3. The summed E-state index contributed by atoms with van der Waals surface area (Å²) in [5.41, 5.74) is 2.26. The number of ether oxygens (including phenoxy) is 2. The maximum Gasteiger partial charge on any atom is 0.341 e. The van der Waals surface area contributed by atoms with Gasteiger partial charge in [-0.05, 0) is 87.7 Å². The molecule has 1 aliphatic rings. The lowest BCUT2D eigenvalue weighted by molar-refractivity contribution is -0.115. The second kappa shape index (κ2) is 14.9. The highest BCUT2D eigenvalue weighted by atomic mass is 32.2. The highest BCUT2D eigenvalue weighted by Crippen LogP contribution is 2.38. The Morgan fingerprint density at radius 2 is 1.84 bits per heavy atom. The van der Waals surface area contributed by atoms with Crippen LogP contribution in [0, 0.1) is 0 Å². The molecule has 1 atom stereocenters. The summed E-state index contributed by atoms with van der Waals surface area (Å²) in [7, 11) is 0. The van der Waals surface area contributed by atoms with Crippen LogP contribution in [0.25, 0.3) is 5.69 Å². The Hall–Kier alpha value is -3.68. The van der Waals surface area contributed by atoms with E-state index in [1.807, 2.05) is 47.2 Å². The molecule has 0 fully saturated rings. The molecule has 0 radical (unpaired) electrons. The molecular formula is C31H35N5O5S3. The number of benzene rings is 1. The van der Waals surface area contributed by atoms with Gasteiger partial charge in [-0.15, -0.1) is 32.9 Å². The molecule has 1 aliphatic carbocycles. The normalized spacial score (nSPS) is 13.4. The molecular weight excluding hydrogens is 619 g/mol. The van der Waals surface area contributed by atoms with Crippen molar-refractivity contribution in [1.82, 2.24) is 20.1 Å². The van der Waals surface area contributed by atoms with Crippen LogP contribution in [0.2, 0.25) is 0 Å². The van der Waals surface area contributed by atoms with Crippen LogP contribution in [-0.4, -0.2) is 51.0 Å². The molecule has 232 valence electrons. The lowest BCUT2D eigenvalue weighted by Gasteiger charge is -2.15. The summed E-state index contributed by atoms with van der Waals surface area (Å²) >= 11 is 4.08. The summed E-state index contributed by atoms with van der Waals surface area (Å²) in [5.74, 6) is 0.388. The monoisotopic (exact) mass is 653 g/mol. The lowest BCUT2D eigenvalue weighted by atomic mass is 10.1. The number of aryl methyl sites for hydroxylation is 1. The van der Waals surface area contributed by atoms with Gasteiger partial charge in [0, 0.05) is 10.6 Å². The van der Waals surface area contributed by atoms with E-state index in [-0.39, 0.29) is 25.0 Å². The Kier molecular flexibility index (Phi) is 10.7. The molecule has 0 spiro atoms. The van der Waals surface area contributed by atoms with Crippen molar-refractivity contribution in [3.63, 3.8) is 0 Å². The number of aromatic nitrogens is 3. The van der Waals surface area contributed by atoms with Gasteiger partial charge in [-0.1, -0.05) is 24.2 Å². The van der Waals surface area contributed by atoms with Crippen molar-refractivity contribution in [2.24, 2.45) is 0 Å². The third kappa shape index (κ3) is 7.33. The van der Waals surface area contributed by atoms with E-state index in [4.69, 9.17) is 9.47 Å². The maximum atomic E-state index is 13.5. The number of nitrogens with one attached hydrogen (secondary N) is 2. The van der Waals surface area contributed by atoms with Crippen molar-refractivity contribution in [2.75, 3.05) is 18.5 Å². The number of fused-ring (bicyclic) bond motifs is 1. The number of thioether (sulfide) groups is 1. The second-order valence-electron chi connectivity index (χ2n) is 10.1. The fourth-order valence-electron chi connectivity index (χ4n) is 4.94. The first kappa shape index (κ1) is 31.7. The predicted octanol–water partition coefficient (Wildman–Crippen LogP) is 6.28. The fraction of sp³-hybridized carbons (Fsp3) is 0.387. The van der Waals surface area contributed by atoms with Crippen molar-refractivity contribution in [2.45, 2.75) is 69.8 Å². The summed E-state index contributed by atoms with van der Waals surface area (Å²) in [4.78, 5) is 40.9. The van der Waals surface area contributed by atoms with Gasteiger partial charge in [-0.25, -0.2) is 4.79 Å². The molecule has 1 aromatic carbocycles. The predicted molar refractivity (Wildman–Crippen MR) is 174 cm³/mol. The number of anilines is 1. The third-order valence-electron chi connectivity index (χ3n) is 7.05. The van der Waals surface area contributed by atoms with Crippen molar-refractivity contribution in [3.8, 4) is 11.4 Å². The molecule has 3 aromatic heterocycles. The Morgan fingerprint density at radius 1 is 1.05 bits per heavy atom. The van der Waals surface area contributed by atoms with Crippen molar-refractivity contribution >= 4 is 57.2 Å². The summed E-state index contributed by atoms with van der Waals surface area (Å²) in [5, 5.41) is 17.0. The van der Waals surface area contributed by atoms with Crippen LogP contribution in [0.4, 0.5) is 5.00 Å². The van der Waals surface area contributed by atoms with E-state index >= 15 is 0 Å². The first-order valence-electron chi connectivity index (χ1n) is 14.7. The molecule has 5 rings (SSSR count). The zero-order valence-electron chi connectivity index (χ0n) is 24.9. The quantitative estimate of drug-likeness (QED) is 0.104. The number of rotatable bonds is 12. The number of hydrogen-bond acceptors (Lipinski definition) is 10. The van der Waals surface area contributed by atoms with Crippen molar-refractivity contribution < 1.29 is 23.9 Å². The number of amides is 2. The Bertz CT molecular complexity index is 1600. The van der Waals surface area contributed by atoms with Crippen LogP contribution in [0.1, 0.15) is 76.3 Å². The smallest absolute Gasteiger partial charge is 0.341 e. The van der Waals surface area contributed by atoms with Crippen LogP contribution in [0.5, 0.6) is 5.75 Å². The maximum absolute atomic E-state index is 13.5. The fourth-order valence-corrected chi connectivity index (χ4v) is 7.74. The van der Waals surface area contributed by atoms with Gasteiger partial charge >= 0.3 is 5.97 Å². The molecule has 13 heteroatoms. The highest BCUT2D eigenvalue weighted by Gasteiger charge is 2.29. The van der Waals surface area contributed by atoms with E-state index in [9.17, 15) is 14.4 Å². The van der Waals surface area contributed by atoms with Gasteiger partial charge < -0.3 is 20.1 Å². The van der Waals surface area contributed by atoms with Crippen LogP contribution in [0.3, 0.4) is 0 Å². The van der Waals surface area contributed by atoms with Gasteiger partial charge in [0.25, 0.3) is 5.91 Å². The summed E-state index contributed by atoms with van der Waals surface area (Å²) < 4.78 is 12.8. The minimum Gasteiger partial charge on any atom is -0.494 e. The SMILES string of the molecule is CCOC(=O)c1c(NC(=O)[C@@H](C)Sc2nnc(CNC(=O)c3cccs3)n2-c2ccc(OCC)cc2)sc2c1CCCCC2.